The lowest BCUT2D eigenvalue weighted by molar-refractivity contribution is -0.163. The number of carbonyl (C=O) groups is 2. The predicted molar refractivity (Wildman–Crippen MR) is 150 cm³/mol. The number of amides is 1. The summed E-state index contributed by atoms with van der Waals surface area (Å²) in [7, 11) is -7.91. The van der Waals surface area contributed by atoms with E-state index in [9.17, 15) is 30.8 Å². The summed E-state index contributed by atoms with van der Waals surface area (Å²) < 4.78 is 70.1. The molecule has 14 heteroatoms. The lowest BCUT2D eigenvalue weighted by Crippen LogP contribution is -2.67. The maximum absolute atomic E-state index is 14.4. The molecule has 8 bridgehead atoms. The zero-order chi connectivity index (χ0) is 29.0. The number of hydrogen-bond acceptors (Lipinski definition) is 8. The van der Waals surface area contributed by atoms with Crippen molar-refractivity contribution in [3.63, 3.8) is 0 Å². The maximum Gasteiger partial charge on any atom is 0.287 e. The number of nitrogens with zero attached hydrogens (tertiary/aromatic N) is 2. The van der Waals surface area contributed by atoms with Gasteiger partial charge in [0.05, 0.1) is 6.26 Å². The number of anilines is 1. The molecule has 1 aromatic carbocycles. The lowest BCUT2D eigenvalue weighted by Gasteiger charge is -2.55. The average molecular weight is 631 g/mol. The van der Waals surface area contributed by atoms with E-state index in [4.69, 9.17) is 0 Å². The van der Waals surface area contributed by atoms with Crippen molar-refractivity contribution in [3.05, 3.63) is 46.6 Å². The molecule has 42 heavy (non-hydrogen) atoms. The van der Waals surface area contributed by atoms with Crippen LogP contribution in [0.25, 0.3) is 0 Å². The fourth-order valence-corrected chi connectivity index (χ4v) is 13.1. The number of fused-ring (bicyclic) bond motifs is 1. The van der Waals surface area contributed by atoms with Crippen molar-refractivity contribution >= 4 is 53.9 Å². The molecule has 1 aromatic heterocycles. The molecule has 2 aromatic rings. The van der Waals surface area contributed by atoms with Gasteiger partial charge in [0.1, 0.15) is 21.5 Å². The normalized spacial score (nSPS) is 41.0. The smallest absolute Gasteiger partial charge is 0.287 e. The predicted octanol–water partition coefficient (Wildman–Crippen LogP) is 2.05. The highest BCUT2D eigenvalue weighted by Gasteiger charge is 2.86. The van der Waals surface area contributed by atoms with Crippen LogP contribution in [0, 0.1) is 65.0 Å². The second kappa shape index (κ2) is 8.07. The van der Waals surface area contributed by atoms with E-state index in [-0.39, 0.29) is 69.8 Å². The average Bonchev–Trinajstić information content (AvgIpc) is 3.82. The van der Waals surface area contributed by atoms with Gasteiger partial charge in [-0.05, 0) is 76.8 Å². The van der Waals surface area contributed by atoms with Gasteiger partial charge in [-0.1, -0.05) is 12.1 Å². The SMILES string of the molecule is CS(=O)(=O)NCc1csc2c1S(=O)(=O)N=C(C1C(=O)[C@@H]3C4C5C6CC7C4C7C(C65)[C@@H]3N(Cc3ccc(F)cc3)C1=O)N2. The number of nitrogens with one attached hydrogen (secondary N) is 2. The van der Waals surface area contributed by atoms with Crippen molar-refractivity contribution in [3.8, 4) is 0 Å². The minimum absolute atomic E-state index is 0.150. The summed E-state index contributed by atoms with van der Waals surface area (Å²) in [6.07, 6.45) is 2.21. The van der Waals surface area contributed by atoms with Crippen molar-refractivity contribution < 1.29 is 30.8 Å². The van der Waals surface area contributed by atoms with Gasteiger partial charge in [-0.15, -0.1) is 15.7 Å². The molecule has 8 fully saturated rings. The summed E-state index contributed by atoms with van der Waals surface area (Å²) in [5.41, 5.74) is 0.982. The van der Waals surface area contributed by atoms with Crippen LogP contribution < -0.4 is 10.0 Å². The van der Waals surface area contributed by atoms with Gasteiger partial charge in [-0.2, -0.15) is 8.42 Å². The quantitative estimate of drug-likeness (QED) is 0.466. The number of rotatable bonds is 6. The topological polar surface area (TPSA) is 142 Å². The molecule has 2 N–H and O–H groups in total. The minimum Gasteiger partial charge on any atom is -0.333 e. The monoisotopic (exact) mass is 630 g/mol. The molecule has 1 amide bonds. The van der Waals surface area contributed by atoms with Crippen LogP contribution in [0.3, 0.4) is 0 Å². The Hall–Kier alpha value is -2.68. The Kier molecular flexibility index (Phi) is 4.95. The van der Waals surface area contributed by atoms with Gasteiger partial charge in [0.15, 0.2) is 11.7 Å². The van der Waals surface area contributed by atoms with E-state index in [1.54, 1.807) is 17.0 Å². The molecule has 0 spiro atoms. The molecule has 7 saturated carbocycles. The Morgan fingerprint density at radius 1 is 1.07 bits per heavy atom. The fraction of sp³-hybridized carbons (Fsp3) is 0.536. The van der Waals surface area contributed by atoms with Crippen molar-refractivity contribution in [1.29, 1.82) is 0 Å². The Bertz CT molecular complexity index is 1840. The summed E-state index contributed by atoms with van der Waals surface area (Å²) >= 11 is 1.06. The number of amidine groups is 1. The Balaban J connectivity index is 1.11. The maximum atomic E-state index is 14.4. The number of benzene rings is 1. The minimum atomic E-state index is -4.33. The van der Waals surface area contributed by atoms with Gasteiger partial charge in [0, 0.05) is 30.6 Å². The molecular formula is C28H27FN4O6S3. The zero-order valence-electron chi connectivity index (χ0n) is 22.3. The molecule has 11 rings (SSSR count). The van der Waals surface area contributed by atoms with E-state index in [0.717, 1.165) is 23.2 Å². The Morgan fingerprint density at radius 3 is 2.40 bits per heavy atom. The number of ketones is 1. The third kappa shape index (κ3) is 3.34. The molecule has 9 aliphatic rings. The van der Waals surface area contributed by atoms with E-state index in [0.29, 0.717) is 35.5 Å². The Morgan fingerprint density at radius 2 is 1.74 bits per heavy atom. The van der Waals surface area contributed by atoms with Gasteiger partial charge in [0.2, 0.25) is 15.9 Å². The van der Waals surface area contributed by atoms with Crippen molar-refractivity contribution in [2.45, 2.75) is 30.4 Å². The number of halogens is 1. The van der Waals surface area contributed by atoms with Gasteiger partial charge in [0.25, 0.3) is 10.0 Å². The lowest BCUT2D eigenvalue weighted by atomic mass is 9.57. The summed E-state index contributed by atoms with van der Waals surface area (Å²) in [5, 5.41) is 4.72. The molecular weight excluding hydrogens is 604 g/mol. The van der Waals surface area contributed by atoms with E-state index in [1.807, 2.05) is 0 Å². The first kappa shape index (κ1) is 25.8. The third-order valence-electron chi connectivity index (χ3n) is 11.2. The standard InChI is InChI=1S/C28H27FN4O6S3/c1-41(36,37)30-7-11-9-40-27-25(11)42(38,39)32-26(31-27)22-24(34)21-19-15-13-6-14-16(19)18(14)20(17(13)15)23(21)33(28(22)35)8-10-2-4-12(29)5-3-10/h2-5,9,13-23,30H,6-8H2,1H3,(H,31,32)/t13?,14?,15?,16?,17?,18?,19?,20?,21-,22?,23+/m1/s1. The van der Waals surface area contributed by atoms with Crippen LogP contribution in [-0.2, 0) is 42.7 Å². The van der Waals surface area contributed by atoms with Crippen molar-refractivity contribution in [2.24, 2.45) is 63.6 Å². The number of likely N-dealkylation sites (tertiary alicyclic amines) is 1. The first-order valence-corrected chi connectivity index (χ1v) is 18.4. The zero-order valence-corrected chi connectivity index (χ0v) is 24.8. The number of carbonyl (C=O) groups excluding carboxylic acids is 2. The first-order valence-electron chi connectivity index (χ1n) is 14.2. The van der Waals surface area contributed by atoms with Gasteiger partial charge >= 0.3 is 0 Å². The van der Waals surface area contributed by atoms with Crippen LogP contribution in [0.2, 0.25) is 0 Å². The highest BCUT2D eigenvalue weighted by atomic mass is 32.2. The summed E-state index contributed by atoms with van der Waals surface area (Å²) in [6, 6.07) is 5.76. The van der Waals surface area contributed by atoms with Gasteiger partial charge in [-0.3, -0.25) is 9.59 Å². The third-order valence-corrected chi connectivity index (χ3v) is 14.3. The van der Waals surface area contributed by atoms with E-state index in [2.05, 4.69) is 14.4 Å². The molecule has 7 unspecified atom stereocenters. The fourth-order valence-electron chi connectivity index (χ4n) is 10.0. The molecule has 9 atom stereocenters. The number of sulfonamides is 2. The largest absolute Gasteiger partial charge is 0.333 e. The second-order valence-corrected chi connectivity index (χ2v) is 17.3. The number of piperidine rings is 1. The molecule has 220 valence electrons. The van der Waals surface area contributed by atoms with E-state index in [1.165, 1.54) is 23.9 Å². The molecule has 3 heterocycles. The number of Topliss-reactive ketones (excluding diaryl/α,β-unsaturated/α-hetero) is 1. The highest BCUT2D eigenvalue weighted by Crippen LogP contribution is 2.87. The van der Waals surface area contributed by atoms with E-state index >= 15 is 0 Å². The highest BCUT2D eigenvalue weighted by molar-refractivity contribution is 7.91. The molecule has 10 nitrogen and oxygen atoms in total. The number of thiophene rings is 1. The van der Waals surface area contributed by atoms with Crippen molar-refractivity contribution in [1.82, 2.24) is 9.62 Å². The van der Waals surface area contributed by atoms with Crippen LogP contribution in [-0.4, -0.2) is 51.6 Å². The van der Waals surface area contributed by atoms with Gasteiger partial charge in [-0.25, -0.2) is 17.5 Å². The summed E-state index contributed by atoms with van der Waals surface area (Å²) in [4.78, 5) is 30.4. The summed E-state index contributed by atoms with van der Waals surface area (Å²) in [5.74, 6) is 0.833. The van der Waals surface area contributed by atoms with E-state index < -0.39 is 31.9 Å². The van der Waals surface area contributed by atoms with Crippen molar-refractivity contribution in [2.75, 3.05) is 11.6 Å². The molecule has 7 aliphatic carbocycles. The molecule has 2 aliphatic heterocycles. The van der Waals surface area contributed by atoms with Crippen LogP contribution in [0.15, 0.2) is 38.9 Å². The number of hydrogen-bond donors (Lipinski definition) is 2. The van der Waals surface area contributed by atoms with Crippen LogP contribution in [0.5, 0.6) is 0 Å². The van der Waals surface area contributed by atoms with Crippen LogP contribution in [0.1, 0.15) is 17.5 Å². The molecule has 1 saturated heterocycles. The Labute approximate surface area is 245 Å². The summed E-state index contributed by atoms with van der Waals surface area (Å²) in [6.45, 7) is -0.0214. The van der Waals surface area contributed by atoms with Crippen LogP contribution >= 0.6 is 11.3 Å². The first-order chi connectivity index (χ1) is 19.9. The van der Waals surface area contributed by atoms with Crippen LogP contribution in [0.4, 0.5) is 9.39 Å². The second-order valence-electron chi connectivity index (χ2n) is 13.1. The molecule has 0 radical (unpaired) electrons. The van der Waals surface area contributed by atoms with Gasteiger partial charge < -0.3 is 10.2 Å².